The lowest BCUT2D eigenvalue weighted by atomic mass is 9.94. The summed E-state index contributed by atoms with van der Waals surface area (Å²) in [6.07, 6.45) is 3.67. The summed E-state index contributed by atoms with van der Waals surface area (Å²) in [6.45, 7) is 4.64. The molecule has 20 heavy (non-hydrogen) atoms. The smallest absolute Gasteiger partial charge is 0.0453 e. The van der Waals surface area contributed by atoms with Crippen molar-refractivity contribution in [3.05, 3.63) is 35.9 Å². The van der Waals surface area contributed by atoms with E-state index in [-0.39, 0.29) is 6.04 Å². The van der Waals surface area contributed by atoms with Crippen LogP contribution in [0.15, 0.2) is 30.3 Å². The predicted octanol–water partition coefficient (Wildman–Crippen LogP) is 2.49. The Hall–Kier alpha value is -0.900. The second kappa shape index (κ2) is 7.21. The predicted molar refractivity (Wildman–Crippen MR) is 85.7 cm³/mol. The number of likely N-dealkylation sites (N-methyl/N-ethyl adjacent to an activating group) is 2. The molecule has 1 aliphatic heterocycles. The molecule has 0 bridgehead atoms. The third kappa shape index (κ3) is 3.60. The third-order valence-electron chi connectivity index (χ3n) is 4.72. The molecule has 1 heterocycles. The van der Waals surface area contributed by atoms with Gasteiger partial charge in [0.2, 0.25) is 0 Å². The zero-order valence-corrected chi connectivity index (χ0v) is 13.1. The number of piperidine rings is 1. The standard InChI is InChI=1S/C17H29N3/c1-4-16(17(18)14-9-6-5-7-10-14)20(3)15-11-8-12-19(2)13-15/h5-7,9-10,15-17H,4,8,11-13,18H2,1-3H3. The van der Waals surface area contributed by atoms with Crippen LogP contribution in [0.1, 0.15) is 37.8 Å². The van der Waals surface area contributed by atoms with Crippen LogP contribution in [0, 0.1) is 0 Å². The topological polar surface area (TPSA) is 32.5 Å². The Morgan fingerprint density at radius 2 is 2.05 bits per heavy atom. The Balaban J connectivity index is 2.06. The van der Waals surface area contributed by atoms with E-state index >= 15 is 0 Å². The van der Waals surface area contributed by atoms with Crippen molar-refractivity contribution in [3.63, 3.8) is 0 Å². The minimum atomic E-state index is 0.0958. The van der Waals surface area contributed by atoms with Gasteiger partial charge in [-0.2, -0.15) is 0 Å². The number of benzene rings is 1. The van der Waals surface area contributed by atoms with Gasteiger partial charge in [-0.25, -0.2) is 0 Å². The summed E-state index contributed by atoms with van der Waals surface area (Å²) in [4.78, 5) is 4.96. The van der Waals surface area contributed by atoms with Crippen molar-refractivity contribution in [3.8, 4) is 0 Å². The molecule has 1 aromatic rings. The van der Waals surface area contributed by atoms with Gasteiger partial charge < -0.3 is 10.6 Å². The van der Waals surface area contributed by atoms with E-state index in [1.165, 1.54) is 24.9 Å². The Morgan fingerprint density at radius 1 is 1.35 bits per heavy atom. The van der Waals surface area contributed by atoms with Gasteiger partial charge in [0.05, 0.1) is 0 Å². The van der Waals surface area contributed by atoms with Gasteiger partial charge in [0.15, 0.2) is 0 Å². The van der Waals surface area contributed by atoms with Crippen LogP contribution >= 0.6 is 0 Å². The first-order chi connectivity index (χ1) is 9.63. The van der Waals surface area contributed by atoms with Gasteiger partial charge in [0, 0.05) is 24.7 Å². The highest BCUT2D eigenvalue weighted by Crippen LogP contribution is 2.24. The van der Waals surface area contributed by atoms with Gasteiger partial charge in [0.25, 0.3) is 0 Å². The van der Waals surface area contributed by atoms with Crippen LogP contribution < -0.4 is 5.73 Å². The average molecular weight is 275 g/mol. The van der Waals surface area contributed by atoms with E-state index in [9.17, 15) is 0 Å². The molecule has 0 saturated carbocycles. The fourth-order valence-electron chi connectivity index (χ4n) is 3.44. The molecule has 1 aromatic carbocycles. The third-order valence-corrected chi connectivity index (χ3v) is 4.72. The van der Waals surface area contributed by atoms with Crippen LogP contribution in [-0.2, 0) is 0 Å². The van der Waals surface area contributed by atoms with Gasteiger partial charge in [0.1, 0.15) is 0 Å². The van der Waals surface area contributed by atoms with E-state index in [0.29, 0.717) is 12.1 Å². The zero-order valence-electron chi connectivity index (χ0n) is 13.1. The van der Waals surface area contributed by atoms with Gasteiger partial charge in [-0.05, 0) is 45.5 Å². The van der Waals surface area contributed by atoms with Gasteiger partial charge in [-0.15, -0.1) is 0 Å². The van der Waals surface area contributed by atoms with Crippen molar-refractivity contribution < 1.29 is 0 Å². The van der Waals surface area contributed by atoms with Crippen molar-refractivity contribution in [1.29, 1.82) is 0 Å². The second-order valence-electron chi connectivity index (χ2n) is 6.14. The summed E-state index contributed by atoms with van der Waals surface area (Å²) in [7, 11) is 4.47. The maximum Gasteiger partial charge on any atom is 0.0453 e. The quantitative estimate of drug-likeness (QED) is 0.896. The molecular weight excluding hydrogens is 246 g/mol. The van der Waals surface area contributed by atoms with Crippen molar-refractivity contribution in [2.24, 2.45) is 5.73 Å². The molecule has 1 saturated heterocycles. The van der Waals surface area contributed by atoms with Crippen LogP contribution in [-0.4, -0.2) is 49.1 Å². The summed E-state index contributed by atoms with van der Waals surface area (Å²) in [5.74, 6) is 0. The maximum absolute atomic E-state index is 6.54. The highest BCUT2D eigenvalue weighted by atomic mass is 15.2. The van der Waals surface area contributed by atoms with Gasteiger partial charge >= 0.3 is 0 Å². The molecule has 0 radical (unpaired) electrons. The van der Waals surface area contributed by atoms with Crippen LogP contribution in [0.25, 0.3) is 0 Å². The maximum atomic E-state index is 6.54. The number of nitrogens with two attached hydrogens (primary N) is 1. The van der Waals surface area contributed by atoms with E-state index < -0.39 is 0 Å². The van der Waals surface area contributed by atoms with E-state index in [0.717, 1.165) is 13.0 Å². The highest BCUT2D eigenvalue weighted by molar-refractivity contribution is 5.20. The minimum absolute atomic E-state index is 0.0958. The molecule has 0 amide bonds. The first kappa shape index (κ1) is 15.5. The highest BCUT2D eigenvalue weighted by Gasteiger charge is 2.29. The Morgan fingerprint density at radius 3 is 2.65 bits per heavy atom. The van der Waals surface area contributed by atoms with Gasteiger partial charge in [-0.1, -0.05) is 37.3 Å². The lowest BCUT2D eigenvalue weighted by Gasteiger charge is -2.42. The zero-order chi connectivity index (χ0) is 14.5. The van der Waals surface area contributed by atoms with E-state index in [1.807, 2.05) is 0 Å². The van der Waals surface area contributed by atoms with Crippen molar-refractivity contribution in [2.45, 2.75) is 44.3 Å². The van der Waals surface area contributed by atoms with Crippen LogP contribution in [0.4, 0.5) is 0 Å². The Bertz CT molecular complexity index is 392. The van der Waals surface area contributed by atoms with Crippen molar-refractivity contribution in [2.75, 3.05) is 27.2 Å². The molecule has 2 N–H and O–H groups in total. The number of hydrogen-bond donors (Lipinski definition) is 1. The number of likely N-dealkylation sites (tertiary alicyclic amines) is 1. The molecule has 2 rings (SSSR count). The number of nitrogens with zero attached hydrogens (tertiary/aromatic N) is 2. The molecule has 3 nitrogen and oxygen atoms in total. The van der Waals surface area contributed by atoms with E-state index in [2.05, 4.69) is 61.2 Å². The summed E-state index contributed by atoms with van der Waals surface area (Å²) in [5, 5.41) is 0. The molecule has 1 aliphatic rings. The fraction of sp³-hybridized carbons (Fsp3) is 0.647. The van der Waals surface area contributed by atoms with Crippen LogP contribution in [0.3, 0.4) is 0 Å². The monoisotopic (exact) mass is 275 g/mol. The molecule has 3 heteroatoms. The van der Waals surface area contributed by atoms with Crippen molar-refractivity contribution >= 4 is 0 Å². The number of hydrogen-bond acceptors (Lipinski definition) is 3. The second-order valence-corrected chi connectivity index (χ2v) is 6.14. The molecule has 3 unspecified atom stereocenters. The molecule has 3 atom stereocenters. The molecular formula is C17H29N3. The first-order valence-electron chi connectivity index (χ1n) is 7.84. The Kier molecular flexibility index (Phi) is 5.58. The SMILES string of the molecule is CCC(C(N)c1ccccc1)N(C)C1CCCN(C)C1. The summed E-state index contributed by atoms with van der Waals surface area (Å²) in [5.41, 5.74) is 7.78. The largest absolute Gasteiger partial charge is 0.323 e. The minimum Gasteiger partial charge on any atom is -0.323 e. The normalized spacial score (nSPS) is 23.8. The molecule has 0 aliphatic carbocycles. The van der Waals surface area contributed by atoms with Crippen LogP contribution in [0.2, 0.25) is 0 Å². The van der Waals surface area contributed by atoms with Crippen LogP contribution in [0.5, 0.6) is 0 Å². The summed E-state index contributed by atoms with van der Waals surface area (Å²) in [6, 6.07) is 11.6. The summed E-state index contributed by atoms with van der Waals surface area (Å²) >= 11 is 0. The fourth-order valence-corrected chi connectivity index (χ4v) is 3.44. The molecule has 0 spiro atoms. The van der Waals surface area contributed by atoms with E-state index in [1.54, 1.807) is 0 Å². The lowest BCUT2D eigenvalue weighted by molar-refractivity contribution is 0.0850. The summed E-state index contributed by atoms with van der Waals surface area (Å²) < 4.78 is 0. The first-order valence-corrected chi connectivity index (χ1v) is 7.84. The molecule has 0 aromatic heterocycles. The average Bonchev–Trinajstić information content (AvgIpc) is 2.48. The number of rotatable bonds is 5. The van der Waals surface area contributed by atoms with Crippen molar-refractivity contribution in [1.82, 2.24) is 9.80 Å². The molecule has 1 fully saturated rings. The van der Waals surface area contributed by atoms with E-state index in [4.69, 9.17) is 5.73 Å². The lowest BCUT2D eigenvalue weighted by Crippen LogP contribution is -2.51. The Labute approximate surface area is 123 Å². The molecule has 112 valence electrons. The van der Waals surface area contributed by atoms with Gasteiger partial charge in [-0.3, -0.25) is 4.90 Å².